The van der Waals surface area contributed by atoms with Gasteiger partial charge >= 0.3 is 0 Å². The van der Waals surface area contributed by atoms with Crippen LogP contribution in [-0.4, -0.2) is 8.42 Å². The number of rotatable bonds is 3. The van der Waals surface area contributed by atoms with Gasteiger partial charge in [-0.25, -0.2) is 12.8 Å². The zero-order valence-corrected chi connectivity index (χ0v) is 13.1. The predicted octanol–water partition coefficient (Wildman–Crippen LogP) is 3.62. The second-order valence-electron chi connectivity index (χ2n) is 3.92. The molecule has 2 aromatic carbocycles. The minimum absolute atomic E-state index is 0.142. The molecular formula is C12H9BrClFN2O2S. The number of benzene rings is 2. The molecule has 2 aromatic rings. The fourth-order valence-electron chi connectivity index (χ4n) is 1.51. The molecule has 3 N–H and O–H groups in total. The molecule has 0 radical (unpaired) electrons. The summed E-state index contributed by atoms with van der Waals surface area (Å²) in [4.78, 5) is -0.495. The molecule has 0 bridgehead atoms. The standard InChI is InChI=1S/C12H9BrClFN2O2S/c13-7-1-3-11(9(14)5-7)17-20(18,19)12-4-2-8(16)6-10(12)15/h1-6,17H,16H2. The first kappa shape index (κ1) is 15.1. The second kappa shape index (κ2) is 5.59. The van der Waals surface area contributed by atoms with Crippen molar-refractivity contribution in [1.82, 2.24) is 0 Å². The highest BCUT2D eigenvalue weighted by molar-refractivity contribution is 9.10. The Kier molecular flexibility index (Phi) is 4.22. The Morgan fingerprint density at radius 1 is 1.20 bits per heavy atom. The highest BCUT2D eigenvalue weighted by atomic mass is 79.9. The number of nitrogens with two attached hydrogens (primary N) is 1. The topological polar surface area (TPSA) is 72.2 Å². The third-order valence-electron chi connectivity index (χ3n) is 2.42. The van der Waals surface area contributed by atoms with E-state index in [9.17, 15) is 12.8 Å². The van der Waals surface area contributed by atoms with Crippen molar-refractivity contribution >= 4 is 48.9 Å². The Morgan fingerprint density at radius 2 is 1.90 bits per heavy atom. The van der Waals surface area contributed by atoms with E-state index in [0.717, 1.165) is 12.1 Å². The van der Waals surface area contributed by atoms with E-state index in [1.807, 2.05) is 0 Å². The summed E-state index contributed by atoms with van der Waals surface area (Å²) in [5.41, 5.74) is 5.68. The van der Waals surface area contributed by atoms with Gasteiger partial charge in [0, 0.05) is 10.2 Å². The van der Waals surface area contributed by atoms with E-state index >= 15 is 0 Å². The van der Waals surface area contributed by atoms with Crippen molar-refractivity contribution in [2.75, 3.05) is 10.5 Å². The van der Waals surface area contributed by atoms with Crippen molar-refractivity contribution in [3.63, 3.8) is 0 Å². The molecule has 0 unspecified atom stereocenters. The molecule has 0 atom stereocenters. The monoisotopic (exact) mass is 378 g/mol. The van der Waals surface area contributed by atoms with Crippen molar-refractivity contribution in [2.24, 2.45) is 0 Å². The third kappa shape index (κ3) is 3.23. The molecule has 0 spiro atoms. The number of hydrogen-bond donors (Lipinski definition) is 2. The summed E-state index contributed by atoms with van der Waals surface area (Å²) in [5.74, 6) is -0.925. The molecule has 20 heavy (non-hydrogen) atoms. The van der Waals surface area contributed by atoms with Crippen LogP contribution >= 0.6 is 27.5 Å². The highest BCUT2D eigenvalue weighted by Gasteiger charge is 2.20. The summed E-state index contributed by atoms with van der Waals surface area (Å²) >= 11 is 9.12. The normalized spacial score (nSPS) is 11.3. The van der Waals surface area contributed by atoms with Crippen LogP contribution in [0.2, 0.25) is 5.02 Å². The van der Waals surface area contributed by atoms with Crippen molar-refractivity contribution < 1.29 is 12.8 Å². The van der Waals surface area contributed by atoms with Gasteiger partial charge in [-0.3, -0.25) is 4.72 Å². The second-order valence-corrected chi connectivity index (χ2v) is 6.89. The average Bonchev–Trinajstić information content (AvgIpc) is 2.32. The quantitative estimate of drug-likeness (QED) is 0.800. The van der Waals surface area contributed by atoms with E-state index in [4.69, 9.17) is 17.3 Å². The van der Waals surface area contributed by atoms with Gasteiger partial charge in [-0.1, -0.05) is 27.5 Å². The van der Waals surface area contributed by atoms with Gasteiger partial charge in [0.05, 0.1) is 10.7 Å². The number of nitrogens with one attached hydrogen (secondary N) is 1. The van der Waals surface area contributed by atoms with Gasteiger partial charge in [0.2, 0.25) is 0 Å². The molecule has 106 valence electrons. The smallest absolute Gasteiger partial charge is 0.264 e. The van der Waals surface area contributed by atoms with Gasteiger partial charge in [0.1, 0.15) is 10.7 Å². The highest BCUT2D eigenvalue weighted by Crippen LogP contribution is 2.28. The van der Waals surface area contributed by atoms with Gasteiger partial charge in [0.15, 0.2) is 0 Å². The Hall–Kier alpha value is -1.31. The lowest BCUT2D eigenvalue weighted by molar-refractivity contribution is 0.571. The molecule has 0 aromatic heterocycles. The van der Waals surface area contributed by atoms with Gasteiger partial charge in [-0.05, 0) is 36.4 Å². The van der Waals surface area contributed by atoms with Gasteiger partial charge in [-0.2, -0.15) is 0 Å². The van der Waals surface area contributed by atoms with Crippen LogP contribution in [0, 0.1) is 5.82 Å². The van der Waals surface area contributed by atoms with Crippen molar-refractivity contribution in [2.45, 2.75) is 4.90 Å². The molecule has 0 aliphatic carbocycles. The summed E-state index contributed by atoms with van der Waals surface area (Å²) in [6, 6.07) is 7.96. The maximum Gasteiger partial charge on any atom is 0.264 e. The number of halogens is 3. The predicted molar refractivity (Wildman–Crippen MR) is 80.8 cm³/mol. The zero-order valence-electron chi connectivity index (χ0n) is 9.90. The minimum Gasteiger partial charge on any atom is -0.399 e. The van der Waals surface area contributed by atoms with Crippen LogP contribution < -0.4 is 10.5 Å². The van der Waals surface area contributed by atoms with E-state index < -0.39 is 20.7 Å². The van der Waals surface area contributed by atoms with E-state index in [1.165, 1.54) is 18.2 Å². The summed E-state index contributed by atoms with van der Waals surface area (Å²) in [6.45, 7) is 0. The Bertz CT molecular complexity index is 768. The average molecular weight is 380 g/mol. The third-order valence-corrected chi connectivity index (χ3v) is 4.63. The van der Waals surface area contributed by atoms with E-state index in [-0.39, 0.29) is 16.4 Å². The first-order chi connectivity index (χ1) is 9.29. The molecule has 0 fully saturated rings. The van der Waals surface area contributed by atoms with Crippen LogP contribution in [0.15, 0.2) is 45.8 Å². The number of anilines is 2. The van der Waals surface area contributed by atoms with E-state index in [2.05, 4.69) is 20.7 Å². The lowest BCUT2D eigenvalue weighted by Crippen LogP contribution is -2.15. The van der Waals surface area contributed by atoms with E-state index in [0.29, 0.717) is 4.47 Å². The van der Waals surface area contributed by atoms with Crippen LogP contribution in [0.1, 0.15) is 0 Å². The summed E-state index contributed by atoms with van der Waals surface area (Å²) in [7, 11) is -4.08. The molecule has 0 aliphatic heterocycles. The van der Waals surface area contributed by atoms with Crippen molar-refractivity contribution in [3.8, 4) is 0 Å². The molecule has 0 heterocycles. The SMILES string of the molecule is Nc1ccc(S(=O)(=O)Nc2ccc(Br)cc2Cl)c(F)c1. The lowest BCUT2D eigenvalue weighted by atomic mass is 10.3. The van der Waals surface area contributed by atoms with Crippen LogP contribution in [0.25, 0.3) is 0 Å². The molecule has 0 saturated carbocycles. The molecule has 0 aliphatic rings. The van der Waals surface area contributed by atoms with Crippen LogP contribution in [0.3, 0.4) is 0 Å². The Balaban J connectivity index is 2.41. The van der Waals surface area contributed by atoms with Crippen LogP contribution in [0.4, 0.5) is 15.8 Å². The first-order valence-electron chi connectivity index (χ1n) is 5.32. The molecule has 4 nitrogen and oxygen atoms in total. The molecule has 0 amide bonds. The first-order valence-corrected chi connectivity index (χ1v) is 7.98. The minimum atomic E-state index is -4.08. The van der Waals surface area contributed by atoms with E-state index in [1.54, 1.807) is 6.07 Å². The zero-order chi connectivity index (χ0) is 14.9. The summed E-state index contributed by atoms with van der Waals surface area (Å²) in [5, 5.41) is 0.193. The number of nitrogen functional groups attached to an aromatic ring is 1. The molecular weight excluding hydrogens is 371 g/mol. The molecule has 2 rings (SSSR count). The maximum absolute atomic E-state index is 13.7. The fraction of sp³-hybridized carbons (Fsp3) is 0. The number of sulfonamides is 1. The van der Waals surface area contributed by atoms with Gasteiger partial charge < -0.3 is 5.73 Å². The van der Waals surface area contributed by atoms with Crippen molar-refractivity contribution in [1.29, 1.82) is 0 Å². The summed E-state index contributed by atoms with van der Waals surface area (Å²) < 4.78 is 40.8. The largest absolute Gasteiger partial charge is 0.399 e. The molecule has 8 heteroatoms. The number of hydrogen-bond acceptors (Lipinski definition) is 3. The Morgan fingerprint density at radius 3 is 2.50 bits per heavy atom. The maximum atomic E-state index is 13.7. The summed E-state index contributed by atoms with van der Waals surface area (Å²) in [6.07, 6.45) is 0. The fourth-order valence-corrected chi connectivity index (χ4v) is 3.42. The van der Waals surface area contributed by atoms with Crippen molar-refractivity contribution in [3.05, 3.63) is 51.7 Å². The lowest BCUT2D eigenvalue weighted by Gasteiger charge is -2.10. The Labute approximate surface area is 128 Å². The molecule has 0 saturated heterocycles. The van der Waals surface area contributed by atoms with Gasteiger partial charge in [0.25, 0.3) is 10.0 Å². The van der Waals surface area contributed by atoms with Gasteiger partial charge in [-0.15, -0.1) is 0 Å². The van der Waals surface area contributed by atoms with Crippen LogP contribution in [-0.2, 0) is 10.0 Å². The van der Waals surface area contributed by atoms with Crippen LogP contribution in [0.5, 0.6) is 0 Å².